The highest BCUT2D eigenvalue weighted by molar-refractivity contribution is 5.61. The smallest absolute Gasteiger partial charge is 0.137 e. The third kappa shape index (κ3) is 2.29. The Morgan fingerprint density at radius 2 is 2.26 bits per heavy atom. The third-order valence-electron chi connectivity index (χ3n) is 4.04. The topological polar surface area (TPSA) is 57.9 Å². The van der Waals surface area contributed by atoms with E-state index in [4.69, 9.17) is 5.73 Å². The summed E-state index contributed by atoms with van der Waals surface area (Å²) in [7, 11) is 2.18. The van der Waals surface area contributed by atoms with Crippen LogP contribution in [0, 0.1) is 5.92 Å². The summed E-state index contributed by atoms with van der Waals surface area (Å²) in [6.07, 6.45) is 4.80. The molecule has 1 aromatic carbocycles. The van der Waals surface area contributed by atoms with Crippen molar-refractivity contribution in [2.75, 3.05) is 20.1 Å². The first-order valence-electron chi connectivity index (χ1n) is 6.78. The minimum atomic E-state index is 0.440. The van der Waals surface area contributed by atoms with E-state index in [1.54, 1.807) is 6.20 Å². The molecule has 100 valence electrons. The van der Waals surface area contributed by atoms with Gasteiger partial charge in [0.25, 0.3) is 0 Å². The van der Waals surface area contributed by atoms with Gasteiger partial charge in [0.1, 0.15) is 5.82 Å². The number of hydrogen-bond donors (Lipinski definition) is 2. The second-order valence-corrected chi connectivity index (χ2v) is 5.32. The first kappa shape index (κ1) is 12.4. The van der Waals surface area contributed by atoms with Gasteiger partial charge in [-0.1, -0.05) is 24.3 Å². The molecule has 0 radical (unpaired) electrons. The van der Waals surface area contributed by atoms with Gasteiger partial charge in [0.05, 0.1) is 0 Å². The standard InChI is InChI=1S/C15H20N4/c1-19-10-11(9-16)8-14(19)12-4-2-3-5-13(12)15-17-6-7-18-15/h2-7,11,14H,8-10,16H2,1H3,(H,17,18). The number of likely N-dealkylation sites (tertiary alicyclic amines) is 1. The summed E-state index contributed by atoms with van der Waals surface area (Å²) in [5.74, 6) is 1.54. The van der Waals surface area contributed by atoms with E-state index in [2.05, 4.69) is 46.2 Å². The van der Waals surface area contributed by atoms with Crippen LogP contribution in [0.2, 0.25) is 0 Å². The predicted molar refractivity (Wildman–Crippen MR) is 76.6 cm³/mol. The lowest BCUT2D eigenvalue weighted by Gasteiger charge is -2.21. The number of H-pyrrole nitrogens is 1. The molecule has 2 atom stereocenters. The van der Waals surface area contributed by atoms with Gasteiger partial charge in [-0.25, -0.2) is 4.98 Å². The molecular formula is C15H20N4. The van der Waals surface area contributed by atoms with Crippen molar-refractivity contribution >= 4 is 0 Å². The van der Waals surface area contributed by atoms with Crippen molar-refractivity contribution in [2.24, 2.45) is 11.7 Å². The van der Waals surface area contributed by atoms with Gasteiger partial charge in [-0.2, -0.15) is 0 Å². The van der Waals surface area contributed by atoms with Gasteiger partial charge in [-0.15, -0.1) is 0 Å². The van der Waals surface area contributed by atoms with Gasteiger partial charge in [-0.05, 0) is 31.5 Å². The molecule has 0 spiro atoms. The lowest BCUT2D eigenvalue weighted by Crippen LogP contribution is -2.20. The quantitative estimate of drug-likeness (QED) is 0.883. The SMILES string of the molecule is CN1CC(CN)CC1c1ccccc1-c1ncc[nH]1. The Kier molecular flexibility index (Phi) is 3.36. The van der Waals surface area contributed by atoms with Crippen LogP contribution >= 0.6 is 0 Å². The zero-order valence-corrected chi connectivity index (χ0v) is 11.2. The maximum Gasteiger partial charge on any atom is 0.137 e. The number of nitrogens with zero attached hydrogens (tertiary/aromatic N) is 2. The van der Waals surface area contributed by atoms with Crippen LogP contribution in [0.5, 0.6) is 0 Å². The van der Waals surface area contributed by atoms with Crippen molar-refractivity contribution in [1.29, 1.82) is 0 Å². The molecule has 19 heavy (non-hydrogen) atoms. The lowest BCUT2D eigenvalue weighted by molar-refractivity contribution is 0.314. The molecule has 1 aliphatic rings. The summed E-state index contributed by atoms with van der Waals surface area (Å²) in [5, 5.41) is 0. The average Bonchev–Trinajstić information content (AvgIpc) is 3.08. The normalized spacial score (nSPS) is 23.9. The van der Waals surface area contributed by atoms with Crippen LogP contribution in [0.4, 0.5) is 0 Å². The van der Waals surface area contributed by atoms with E-state index in [0.717, 1.165) is 25.3 Å². The number of benzene rings is 1. The highest BCUT2D eigenvalue weighted by atomic mass is 15.2. The number of aromatic amines is 1. The van der Waals surface area contributed by atoms with Crippen molar-refractivity contribution in [3.05, 3.63) is 42.2 Å². The molecular weight excluding hydrogens is 236 g/mol. The highest BCUT2D eigenvalue weighted by Crippen LogP contribution is 2.37. The first-order valence-corrected chi connectivity index (χ1v) is 6.78. The van der Waals surface area contributed by atoms with Crippen molar-refractivity contribution < 1.29 is 0 Å². The molecule has 3 N–H and O–H groups in total. The van der Waals surface area contributed by atoms with Gasteiger partial charge in [0, 0.05) is 30.5 Å². The Morgan fingerprint density at radius 1 is 1.42 bits per heavy atom. The Balaban J connectivity index is 1.97. The molecule has 4 heteroatoms. The average molecular weight is 256 g/mol. The second kappa shape index (κ2) is 5.15. The van der Waals surface area contributed by atoms with E-state index in [9.17, 15) is 0 Å². The number of nitrogens with one attached hydrogen (secondary N) is 1. The summed E-state index contributed by atoms with van der Waals surface area (Å²) in [6, 6.07) is 8.95. The Morgan fingerprint density at radius 3 is 2.95 bits per heavy atom. The summed E-state index contributed by atoms with van der Waals surface area (Å²) >= 11 is 0. The van der Waals surface area contributed by atoms with Gasteiger partial charge in [0.2, 0.25) is 0 Å². The minimum Gasteiger partial charge on any atom is -0.345 e. The van der Waals surface area contributed by atoms with Crippen LogP contribution < -0.4 is 5.73 Å². The summed E-state index contributed by atoms with van der Waals surface area (Å²) in [6.45, 7) is 1.84. The van der Waals surface area contributed by atoms with Crippen molar-refractivity contribution in [3.63, 3.8) is 0 Å². The molecule has 2 unspecified atom stereocenters. The molecule has 0 bridgehead atoms. The van der Waals surface area contributed by atoms with E-state index in [1.165, 1.54) is 11.1 Å². The molecule has 2 aromatic rings. The second-order valence-electron chi connectivity index (χ2n) is 5.32. The molecule has 1 saturated heterocycles. The van der Waals surface area contributed by atoms with E-state index in [1.807, 2.05) is 6.20 Å². The fourth-order valence-corrected chi connectivity index (χ4v) is 3.06. The van der Waals surface area contributed by atoms with Crippen LogP contribution in [0.3, 0.4) is 0 Å². The number of imidazole rings is 1. The molecule has 4 nitrogen and oxygen atoms in total. The Bertz CT molecular complexity index is 535. The molecule has 1 aromatic heterocycles. The first-order chi connectivity index (χ1) is 9.29. The monoisotopic (exact) mass is 256 g/mol. The Hall–Kier alpha value is -1.65. The van der Waals surface area contributed by atoms with E-state index in [-0.39, 0.29) is 0 Å². The van der Waals surface area contributed by atoms with Crippen molar-refractivity contribution in [1.82, 2.24) is 14.9 Å². The number of rotatable bonds is 3. The predicted octanol–water partition coefficient (Wildman–Crippen LogP) is 2.03. The van der Waals surface area contributed by atoms with E-state index in [0.29, 0.717) is 12.0 Å². The Labute approximate surface area is 113 Å². The summed E-state index contributed by atoms with van der Waals surface area (Å²) in [5.41, 5.74) is 8.36. The van der Waals surface area contributed by atoms with Crippen LogP contribution in [0.25, 0.3) is 11.4 Å². The maximum absolute atomic E-state index is 5.82. The molecule has 1 fully saturated rings. The third-order valence-corrected chi connectivity index (χ3v) is 4.04. The van der Waals surface area contributed by atoms with Crippen LogP contribution in [-0.2, 0) is 0 Å². The van der Waals surface area contributed by atoms with Crippen molar-refractivity contribution in [2.45, 2.75) is 12.5 Å². The fourth-order valence-electron chi connectivity index (χ4n) is 3.06. The zero-order chi connectivity index (χ0) is 13.2. The van der Waals surface area contributed by atoms with Gasteiger partial charge < -0.3 is 10.7 Å². The van der Waals surface area contributed by atoms with E-state index >= 15 is 0 Å². The molecule has 3 rings (SSSR count). The minimum absolute atomic E-state index is 0.440. The van der Waals surface area contributed by atoms with Gasteiger partial charge >= 0.3 is 0 Å². The van der Waals surface area contributed by atoms with Crippen LogP contribution in [0.15, 0.2) is 36.7 Å². The lowest BCUT2D eigenvalue weighted by atomic mass is 9.95. The summed E-state index contributed by atoms with van der Waals surface area (Å²) < 4.78 is 0. The highest BCUT2D eigenvalue weighted by Gasteiger charge is 2.31. The fraction of sp³-hybridized carbons (Fsp3) is 0.400. The van der Waals surface area contributed by atoms with Crippen LogP contribution in [-0.4, -0.2) is 35.0 Å². The molecule has 1 aliphatic heterocycles. The molecule has 0 saturated carbocycles. The van der Waals surface area contributed by atoms with E-state index < -0.39 is 0 Å². The number of nitrogens with two attached hydrogens (primary N) is 1. The van der Waals surface area contributed by atoms with Gasteiger partial charge in [0.15, 0.2) is 0 Å². The van der Waals surface area contributed by atoms with Gasteiger partial charge in [-0.3, -0.25) is 4.90 Å². The largest absolute Gasteiger partial charge is 0.345 e. The molecule has 0 aliphatic carbocycles. The molecule has 2 heterocycles. The summed E-state index contributed by atoms with van der Waals surface area (Å²) in [4.78, 5) is 9.99. The number of hydrogen-bond acceptors (Lipinski definition) is 3. The number of aromatic nitrogens is 2. The van der Waals surface area contributed by atoms with Crippen LogP contribution in [0.1, 0.15) is 18.0 Å². The molecule has 0 amide bonds. The zero-order valence-electron chi connectivity index (χ0n) is 11.2. The maximum atomic E-state index is 5.82. The van der Waals surface area contributed by atoms with Crippen molar-refractivity contribution in [3.8, 4) is 11.4 Å².